The number of aliphatic hydroxyl groups is 1. The van der Waals surface area contributed by atoms with Crippen molar-refractivity contribution < 1.29 is 9.84 Å². The number of hydrogen-bond donors (Lipinski definition) is 2. The van der Waals surface area contributed by atoms with Gasteiger partial charge in [-0.15, -0.1) is 0 Å². The summed E-state index contributed by atoms with van der Waals surface area (Å²) in [5.41, 5.74) is 6.39. The molecule has 0 bridgehead atoms. The second kappa shape index (κ2) is 7.14. The third kappa shape index (κ3) is 4.61. The van der Waals surface area contributed by atoms with Crippen molar-refractivity contribution in [1.82, 2.24) is 4.90 Å². The molecule has 1 heterocycles. The summed E-state index contributed by atoms with van der Waals surface area (Å²) < 4.78 is 5.62. The summed E-state index contributed by atoms with van der Waals surface area (Å²) in [6.07, 6.45) is 0.791. The minimum absolute atomic E-state index is 0.301. The highest BCUT2D eigenvalue weighted by atomic mass is 16.5. The number of anilines is 1. The van der Waals surface area contributed by atoms with E-state index in [0.29, 0.717) is 42.5 Å². The molecule has 0 aromatic heterocycles. The molecule has 0 radical (unpaired) electrons. The number of piperidine rings is 1. The van der Waals surface area contributed by atoms with Crippen LogP contribution in [0.25, 0.3) is 0 Å². The summed E-state index contributed by atoms with van der Waals surface area (Å²) in [4.78, 5) is 2.38. The average molecular weight is 292 g/mol. The van der Waals surface area contributed by atoms with E-state index in [9.17, 15) is 5.11 Å². The molecule has 1 aromatic rings. The smallest absolute Gasteiger partial charge is 0.121 e. The Morgan fingerprint density at radius 2 is 2.14 bits per heavy atom. The normalized spacial score (nSPS) is 28.3. The van der Waals surface area contributed by atoms with E-state index in [-0.39, 0.29) is 0 Å². The van der Waals surface area contributed by atoms with Gasteiger partial charge in [0.2, 0.25) is 0 Å². The Morgan fingerprint density at radius 3 is 2.86 bits per heavy atom. The molecule has 0 aliphatic carbocycles. The van der Waals surface area contributed by atoms with Crippen LogP contribution >= 0.6 is 0 Å². The third-order valence-electron chi connectivity index (χ3n) is 4.47. The molecule has 4 atom stereocenters. The first-order valence-electron chi connectivity index (χ1n) is 7.86. The van der Waals surface area contributed by atoms with Crippen molar-refractivity contribution in [3.63, 3.8) is 0 Å². The van der Waals surface area contributed by atoms with Crippen LogP contribution in [0.2, 0.25) is 0 Å². The number of rotatable bonds is 5. The van der Waals surface area contributed by atoms with Crippen molar-refractivity contribution in [2.24, 2.45) is 11.8 Å². The van der Waals surface area contributed by atoms with E-state index in [1.807, 2.05) is 18.2 Å². The summed E-state index contributed by atoms with van der Waals surface area (Å²) in [7, 11) is 0. The molecule has 21 heavy (non-hydrogen) atoms. The molecule has 0 amide bonds. The fraction of sp³-hybridized carbons (Fsp3) is 0.647. The van der Waals surface area contributed by atoms with E-state index < -0.39 is 6.10 Å². The van der Waals surface area contributed by atoms with Crippen LogP contribution in [-0.2, 0) is 0 Å². The standard InChI is InChI=1S/C17H28N2O2/c1-12-7-13(2)14(3)19(9-12)10-16(20)11-21-17-6-4-5-15(18)8-17/h4-6,8,12-14,16,20H,7,9-11,18H2,1-3H3. The SMILES string of the molecule is CC1CC(C)C(C)N(CC(O)COc2cccc(N)c2)C1. The topological polar surface area (TPSA) is 58.7 Å². The van der Waals surface area contributed by atoms with Gasteiger partial charge in [0.25, 0.3) is 0 Å². The number of nitrogen functional groups attached to an aromatic ring is 1. The lowest BCUT2D eigenvalue weighted by Crippen LogP contribution is -2.49. The van der Waals surface area contributed by atoms with Gasteiger partial charge < -0.3 is 15.6 Å². The van der Waals surface area contributed by atoms with Gasteiger partial charge in [-0.3, -0.25) is 4.90 Å². The van der Waals surface area contributed by atoms with Crippen molar-refractivity contribution in [3.05, 3.63) is 24.3 Å². The van der Waals surface area contributed by atoms with Gasteiger partial charge in [0, 0.05) is 30.9 Å². The maximum atomic E-state index is 10.2. The molecule has 1 saturated heterocycles. The second-order valence-corrected chi connectivity index (χ2v) is 6.55. The molecule has 0 spiro atoms. The number of benzene rings is 1. The molecule has 4 unspecified atom stereocenters. The Bertz CT molecular complexity index is 452. The predicted octanol–water partition coefficient (Wildman–Crippen LogP) is 2.37. The monoisotopic (exact) mass is 292 g/mol. The molecule has 1 fully saturated rings. The lowest BCUT2D eigenvalue weighted by Gasteiger charge is -2.41. The summed E-state index contributed by atoms with van der Waals surface area (Å²) in [6, 6.07) is 7.83. The van der Waals surface area contributed by atoms with E-state index in [4.69, 9.17) is 10.5 Å². The van der Waals surface area contributed by atoms with E-state index in [2.05, 4.69) is 25.7 Å². The summed E-state index contributed by atoms with van der Waals surface area (Å²) in [6.45, 7) is 8.85. The number of hydrogen-bond acceptors (Lipinski definition) is 4. The van der Waals surface area contributed by atoms with Gasteiger partial charge in [0.05, 0.1) is 0 Å². The van der Waals surface area contributed by atoms with Gasteiger partial charge in [0.1, 0.15) is 18.5 Å². The molecular weight excluding hydrogens is 264 g/mol. The van der Waals surface area contributed by atoms with Crippen molar-refractivity contribution in [2.45, 2.75) is 39.3 Å². The maximum Gasteiger partial charge on any atom is 0.121 e. The first-order valence-corrected chi connectivity index (χ1v) is 7.86. The Hall–Kier alpha value is -1.26. The number of ether oxygens (including phenoxy) is 1. The number of nitrogens with zero attached hydrogens (tertiary/aromatic N) is 1. The van der Waals surface area contributed by atoms with Gasteiger partial charge >= 0.3 is 0 Å². The van der Waals surface area contributed by atoms with Crippen LogP contribution < -0.4 is 10.5 Å². The zero-order valence-electron chi connectivity index (χ0n) is 13.3. The number of likely N-dealkylation sites (tertiary alicyclic amines) is 1. The number of aliphatic hydroxyl groups excluding tert-OH is 1. The van der Waals surface area contributed by atoms with Crippen molar-refractivity contribution in [3.8, 4) is 5.75 Å². The summed E-state index contributed by atoms with van der Waals surface area (Å²) >= 11 is 0. The molecule has 0 saturated carbocycles. The maximum absolute atomic E-state index is 10.2. The van der Waals surface area contributed by atoms with E-state index in [1.165, 1.54) is 6.42 Å². The Labute approximate surface area is 127 Å². The largest absolute Gasteiger partial charge is 0.491 e. The molecule has 4 heteroatoms. The zero-order valence-corrected chi connectivity index (χ0v) is 13.3. The Balaban J connectivity index is 1.82. The minimum Gasteiger partial charge on any atom is -0.491 e. The zero-order chi connectivity index (χ0) is 15.4. The lowest BCUT2D eigenvalue weighted by molar-refractivity contribution is 0.0148. The molecule has 1 aliphatic rings. The number of nitrogens with two attached hydrogens (primary N) is 1. The molecule has 1 aliphatic heterocycles. The van der Waals surface area contributed by atoms with Gasteiger partial charge in [-0.2, -0.15) is 0 Å². The lowest BCUT2D eigenvalue weighted by atomic mass is 9.86. The summed E-state index contributed by atoms with van der Waals surface area (Å²) in [5, 5.41) is 10.2. The van der Waals surface area contributed by atoms with Gasteiger partial charge in [-0.05, 0) is 37.3 Å². The summed E-state index contributed by atoms with van der Waals surface area (Å²) in [5.74, 6) is 2.08. The minimum atomic E-state index is -0.480. The van der Waals surface area contributed by atoms with Crippen LogP contribution in [0.1, 0.15) is 27.2 Å². The quantitative estimate of drug-likeness (QED) is 0.818. The van der Waals surface area contributed by atoms with Crippen molar-refractivity contribution in [1.29, 1.82) is 0 Å². The number of β-amino-alcohol motifs (C(OH)–C–C–N with tert-alkyl or cyclic N) is 1. The highest BCUT2D eigenvalue weighted by molar-refractivity contribution is 5.43. The third-order valence-corrected chi connectivity index (χ3v) is 4.47. The fourth-order valence-electron chi connectivity index (χ4n) is 3.19. The van der Waals surface area contributed by atoms with Crippen LogP contribution in [0.5, 0.6) is 5.75 Å². The van der Waals surface area contributed by atoms with Crippen LogP contribution in [0.15, 0.2) is 24.3 Å². The average Bonchev–Trinajstić information content (AvgIpc) is 2.42. The molecular formula is C17H28N2O2. The predicted molar refractivity (Wildman–Crippen MR) is 86.3 cm³/mol. The molecule has 3 N–H and O–H groups in total. The Kier molecular flexibility index (Phi) is 5.48. The van der Waals surface area contributed by atoms with Gasteiger partial charge in [-0.1, -0.05) is 19.9 Å². The molecule has 4 nitrogen and oxygen atoms in total. The van der Waals surface area contributed by atoms with Crippen molar-refractivity contribution >= 4 is 5.69 Å². The molecule has 2 rings (SSSR count). The van der Waals surface area contributed by atoms with E-state index >= 15 is 0 Å². The van der Waals surface area contributed by atoms with Crippen LogP contribution in [0.4, 0.5) is 5.69 Å². The fourth-order valence-corrected chi connectivity index (χ4v) is 3.19. The second-order valence-electron chi connectivity index (χ2n) is 6.55. The first kappa shape index (κ1) is 16.1. The van der Waals surface area contributed by atoms with Crippen LogP contribution in [-0.4, -0.2) is 41.8 Å². The van der Waals surface area contributed by atoms with Crippen LogP contribution in [0.3, 0.4) is 0 Å². The van der Waals surface area contributed by atoms with Crippen LogP contribution in [0, 0.1) is 11.8 Å². The van der Waals surface area contributed by atoms with Gasteiger partial charge in [0.15, 0.2) is 0 Å². The van der Waals surface area contributed by atoms with E-state index in [0.717, 1.165) is 6.54 Å². The van der Waals surface area contributed by atoms with Gasteiger partial charge in [-0.25, -0.2) is 0 Å². The van der Waals surface area contributed by atoms with E-state index in [1.54, 1.807) is 6.07 Å². The molecule has 1 aromatic carbocycles. The Morgan fingerprint density at radius 1 is 1.38 bits per heavy atom. The molecule has 118 valence electrons. The highest BCUT2D eigenvalue weighted by Crippen LogP contribution is 2.26. The van der Waals surface area contributed by atoms with Crippen molar-refractivity contribution in [2.75, 3.05) is 25.4 Å². The first-order chi connectivity index (χ1) is 9.95. The highest BCUT2D eigenvalue weighted by Gasteiger charge is 2.29.